The number of fused-ring (bicyclic) bond motifs is 1. The highest BCUT2D eigenvalue weighted by Crippen LogP contribution is 2.34. The summed E-state index contributed by atoms with van der Waals surface area (Å²) in [6.07, 6.45) is 0. The molecule has 0 bridgehead atoms. The average molecular weight is 432 g/mol. The van der Waals surface area contributed by atoms with E-state index in [4.69, 9.17) is 27.4 Å². The van der Waals surface area contributed by atoms with Crippen LogP contribution in [0, 0.1) is 0 Å². The minimum absolute atomic E-state index is 0.0835. The van der Waals surface area contributed by atoms with Crippen LogP contribution in [0.3, 0.4) is 0 Å². The lowest BCUT2D eigenvalue weighted by Crippen LogP contribution is -2.11. The number of hydrogen-bond donors (Lipinski definition) is 0. The Morgan fingerprint density at radius 3 is 2.35 bits per heavy atom. The Hall–Kier alpha value is -1.27. The molecular weight excluding hydrogens is 423 g/mol. The van der Waals surface area contributed by atoms with Crippen LogP contribution in [0.1, 0.15) is 0 Å². The molecule has 0 N–H and O–H groups in total. The SMILES string of the molecule is O=S(=O)(Oc1cccc2ccccc12)c1cc(Cl)c(Cl)cc1Br. The van der Waals surface area contributed by atoms with Crippen molar-refractivity contribution in [3.63, 3.8) is 0 Å². The predicted octanol–water partition coefficient (Wildman–Crippen LogP) is 5.68. The Balaban J connectivity index is 2.09. The third-order valence-corrected chi connectivity index (χ3v) is 6.11. The van der Waals surface area contributed by atoms with Gasteiger partial charge in [-0.3, -0.25) is 0 Å². The molecule has 0 radical (unpaired) electrons. The molecule has 0 saturated heterocycles. The van der Waals surface area contributed by atoms with E-state index in [-0.39, 0.29) is 25.2 Å². The van der Waals surface area contributed by atoms with E-state index >= 15 is 0 Å². The topological polar surface area (TPSA) is 43.4 Å². The number of rotatable bonds is 3. The number of hydrogen-bond acceptors (Lipinski definition) is 3. The summed E-state index contributed by atoms with van der Waals surface area (Å²) in [7, 11) is -4.06. The van der Waals surface area contributed by atoms with Gasteiger partial charge in [0, 0.05) is 9.86 Å². The third kappa shape index (κ3) is 3.33. The molecule has 7 heteroatoms. The van der Waals surface area contributed by atoms with Crippen LogP contribution in [0.2, 0.25) is 10.0 Å². The van der Waals surface area contributed by atoms with Crippen molar-refractivity contribution in [2.24, 2.45) is 0 Å². The maximum absolute atomic E-state index is 12.6. The van der Waals surface area contributed by atoms with E-state index in [1.54, 1.807) is 18.2 Å². The summed E-state index contributed by atoms with van der Waals surface area (Å²) >= 11 is 15.0. The van der Waals surface area contributed by atoms with Crippen molar-refractivity contribution in [2.45, 2.75) is 4.90 Å². The molecule has 0 saturated carbocycles. The largest absolute Gasteiger partial charge is 0.378 e. The van der Waals surface area contributed by atoms with Crippen molar-refractivity contribution in [3.05, 3.63) is 69.1 Å². The third-order valence-electron chi connectivity index (χ3n) is 3.19. The molecule has 3 aromatic carbocycles. The van der Waals surface area contributed by atoms with Crippen molar-refractivity contribution in [1.82, 2.24) is 0 Å². The molecule has 0 aliphatic rings. The Labute approximate surface area is 152 Å². The van der Waals surface area contributed by atoms with Crippen molar-refractivity contribution in [3.8, 4) is 5.75 Å². The first kappa shape index (κ1) is 16.6. The van der Waals surface area contributed by atoms with Crippen LogP contribution >= 0.6 is 39.1 Å². The van der Waals surface area contributed by atoms with E-state index in [1.807, 2.05) is 24.3 Å². The van der Waals surface area contributed by atoms with Crippen LogP contribution in [0.5, 0.6) is 5.75 Å². The van der Waals surface area contributed by atoms with Crippen LogP contribution in [0.4, 0.5) is 0 Å². The molecule has 0 aliphatic carbocycles. The molecule has 0 fully saturated rings. The predicted molar refractivity (Wildman–Crippen MR) is 95.9 cm³/mol. The number of benzene rings is 3. The Kier molecular flexibility index (Phi) is 4.56. The highest BCUT2D eigenvalue weighted by molar-refractivity contribution is 9.10. The smallest absolute Gasteiger partial charge is 0.340 e. The molecule has 0 aliphatic heterocycles. The molecule has 0 unspecified atom stereocenters. The second kappa shape index (κ2) is 6.32. The Morgan fingerprint density at radius 2 is 1.57 bits per heavy atom. The zero-order valence-corrected chi connectivity index (χ0v) is 15.4. The average Bonchev–Trinajstić information content (AvgIpc) is 2.51. The lowest BCUT2D eigenvalue weighted by atomic mass is 10.1. The van der Waals surface area contributed by atoms with E-state index in [0.29, 0.717) is 5.39 Å². The first-order valence-corrected chi connectivity index (χ1v) is 9.41. The minimum Gasteiger partial charge on any atom is -0.378 e. The van der Waals surface area contributed by atoms with Crippen LogP contribution in [0.25, 0.3) is 10.8 Å². The zero-order chi connectivity index (χ0) is 16.6. The van der Waals surface area contributed by atoms with Gasteiger partial charge in [0.25, 0.3) is 0 Å². The summed E-state index contributed by atoms with van der Waals surface area (Å²) in [6.45, 7) is 0. The van der Waals surface area contributed by atoms with Gasteiger partial charge in [-0.05, 0) is 39.5 Å². The monoisotopic (exact) mass is 430 g/mol. The van der Waals surface area contributed by atoms with Crippen molar-refractivity contribution >= 4 is 60.0 Å². The number of halogens is 3. The highest BCUT2D eigenvalue weighted by Gasteiger charge is 2.22. The van der Waals surface area contributed by atoms with E-state index in [1.165, 1.54) is 12.1 Å². The standard InChI is InChI=1S/C16H9BrCl2O3S/c17-12-8-13(18)14(19)9-16(12)23(20,21)22-15-7-3-5-10-4-1-2-6-11(10)15/h1-9H. The molecule has 0 aromatic heterocycles. The van der Waals surface area contributed by atoms with Crippen LogP contribution in [-0.4, -0.2) is 8.42 Å². The second-order valence-electron chi connectivity index (χ2n) is 4.71. The van der Waals surface area contributed by atoms with Crippen LogP contribution < -0.4 is 4.18 Å². The second-order valence-corrected chi connectivity index (χ2v) is 7.89. The maximum Gasteiger partial charge on any atom is 0.340 e. The Bertz CT molecular complexity index is 998. The highest BCUT2D eigenvalue weighted by atomic mass is 79.9. The molecule has 0 amide bonds. The lowest BCUT2D eigenvalue weighted by Gasteiger charge is -2.11. The van der Waals surface area contributed by atoms with Crippen LogP contribution in [-0.2, 0) is 10.1 Å². The van der Waals surface area contributed by atoms with Gasteiger partial charge in [0.15, 0.2) is 5.75 Å². The summed E-state index contributed by atoms with van der Waals surface area (Å²) in [5.74, 6) is 0.251. The minimum atomic E-state index is -4.06. The fourth-order valence-electron chi connectivity index (χ4n) is 2.13. The fourth-order valence-corrected chi connectivity index (χ4v) is 4.62. The first-order chi connectivity index (χ1) is 10.9. The molecule has 118 valence electrons. The molecular formula is C16H9BrCl2O3S. The quantitative estimate of drug-likeness (QED) is 0.396. The van der Waals surface area contributed by atoms with Gasteiger partial charge in [-0.15, -0.1) is 0 Å². The van der Waals surface area contributed by atoms with Gasteiger partial charge < -0.3 is 4.18 Å². The van der Waals surface area contributed by atoms with Gasteiger partial charge in [0.05, 0.1) is 10.0 Å². The summed E-state index contributed by atoms with van der Waals surface area (Å²) in [4.78, 5) is -0.0835. The van der Waals surface area contributed by atoms with Crippen molar-refractivity contribution in [2.75, 3.05) is 0 Å². The molecule has 0 atom stereocenters. The van der Waals surface area contributed by atoms with Crippen molar-refractivity contribution in [1.29, 1.82) is 0 Å². The zero-order valence-electron chi connectivity index (χ0n) is 11.5. The summed E-state index contributed by atoms with van der Waals surface area (Å²) in [5.41, 5.74) is 0. The lowest BCUT2D eigenvalue weighted by molar-refractivity contribution is 0.488. The van der Waals surface area contributed by atoms with Crippen LogP contribution in [0.15, 0.2) is 64.0 Å². The molecule has 3 nitrogen and oxygen atoms in total. The van der Waals surface area contributed by atoms with Crippen molar-refractivity contribution < 1.29 is 12.6 Å². The summed E-state index contributed by atoms with van der Waals surface area (Å²) in [6, 6.07) is 15.3. The van der Waals surface area contributed by atoms with E-state index in [0.717, 1.165) is 5.39 Å². The normalized spacial score (nSPS) is 11.6. The molecule has 3 rings (SSSR count). The maximum atomic E-state index is 12.6. The van der Waals surface area contributed by atoms with Gasteiger partial charge in [-0.1, -0.05) is 59.6 Å². The van der Waals surface area contributed by atoms with Gasteiger partial charge in [0.2, 0.25) is 0 Å². The first-order valence-electron chi connectivity index (χ1n) is 6.45. The Morgan fingerprint density at radius 1 is 0.913 bits per heavy atom. The van der Waals surface area contributed by atoms with Gasteiger partial charge in [-0.25, -0.2) is 0 Å². The summed E-state index contributed by atoms with van der Waals surface area (Å²) < 4.78 is 30.8. The molecule has 0 heterocycles. The van der Waals surface area contributed by atoms with Gasteiger partial charge in [-0.2, -0.15) is 8.42 Å². The fraction of sp³-hybridized carbons (Fsp3) is 0. The summed E-state index contributed by atoms with van der Waals surface area (Å²) in [5, 5.41) is 1.97. The molecule has 3 aromatic rings. The molecule has 23 heavy (non-hydrogen) atoms. The van der Waals surface area contributed by atoms with E-state index in [9.17, 15) is 8.42 Å². The van der Waals surface area contributed by atoms with E-state index in [2.05, 4.69) is 15.9 Å². The van der Waals surface area contributed by atoms with Gasteiger partial charge in [0.1, 0.15) is 4.90 Å². The van der Waals surface area contributed by atoms with E-state index < -0.39 is 10.1 Å². The van der Waals surface area contributed by atoms with Gasteiger partial charge >= 0.3 is 10.1 Å². The molecule has 0 spiro atoms.